The van der Waals surface area contributed by atoms with Crippen molar-refractivity contribution in [2.45, 2.75) is 0 Å². The lowest BCUT2D eigenvalue weighted by Crippen LogP contribution is -2.11. The minimum atomic E-state index is 1.11. The van der Waals surface area contributed by atoms with Gasteiger partial charge in [-0.1, -0.05) is 152 Å². The van der Waals surface area contributed by atoms with Gasteiger partial charge >= 0.3 is 0 Å². The lowest BCUT2D eigenvalue weighted by molar-refractivity contribution is 1.20. The molecule has 0 fully saturated rings. The zero-order valence-corrected chi connectivity index (χ0v) is 28.4. The maximum atomic E-state index is 2.48. The van der Waals surface area contributed by atoms with E-state index in [1.165, 1.54) is 81.4 Å². The van der Waals surface area contributed by atoms with Gasteiger partial charge in [-0.25, -0.2) is 0 Å². The highest BCUT2D eigenvalue weighted by molar-refractivity contribution is 6.29. The lowest BCUT2D eigenvalue weighted by atomic mass is 9.93. The molecule has 10 aromatic carbocycles. The number of hydrogen-bond acceptors (Lipinski definition) is 1. The molecule has 0 atom stereocenters. The summed E-state index contributed by atoms with van der Waals surface area (Å²) in [6.07, 6.45) is 0. The molecule has 11 rings (SSSR count). The maximum Gasteiger partial charge on any atom is 0.0562 e. The highest BCUT2D eigenvalue weighted by atomic mass is 15.1. The first-order valence-corrected chi connectivity index (χ1v) is 17.9. The van der Waals surface area contributed by atoms with Crippen molar-refractivity contribution >= 4 is 92.7 Å². The summed E-state index contributed by atoms with van der Waals surface area (Å²) in [6.45, 7) is 0. The first-order chi connectivity index (χ1) is 25.8. The number of rotatable bonds is 4. The van der Waals surface area contributed by atoms with Gasteiger partial charge in [0, 0.05) is 32.9 Å². The SMILES string of the molecule is c1ccc(N(c2ccc3c4ccccc4n(-c4cc5ccccc5c5ccccc45)c3c2)c2cccc3c4ccccc4c4ccccc4c23)cc1. The summed E-state index contributed by atoms with van der Waals surface area (Å²) < 4.78 is 2.48. The zero-order chi connectivity index (χ0) is 34.2. The summed E-state index contributed by atoms with van der Waals surface area (Å²) in [4.78, 5) is 2.45. The van der Waals surface area contributed by atoms with Crippen molar-refractivity contribution in [3.63, 3.8) is 0 Å². The standard InChI is InChI=1S/C50H32N2/c1-2-16-34(17-3-1)51(47-28-14-26-45-40-21-7-6-20-38(40)39-22-9-11-25-44(39)50(45)47)35-29-30-43-42-24-12-13-27-46(42)52(49(43)32-35)48-31-33-15-4-5-18-36(33)37-19-8-10-23-41(37)48/h1-32H. The Morgan fingerprint density at radius 3 is 1.56 bits per heavy atom. The minimum absolute atomic E-state index is 1.11. The van der Waals surface area contributed by atoms with Crippen molar-refractivity contribution in [3.05, 3.63) is 194 Å². The second-order valence-corrected chi connectivity index (χ2v) is 13.7. The smallest absolute Gasteiger partial charge is 0.0562 e. The van der Waals surface area contributed by atoms with Crippen molar-refractivity contribution < 1.29 is 0 Å². The molecule has 0 N–H and O–H groups in total. The average molecular weight is 661 g/mol. The topological polar surface area (TPSA) is 8.17 Å². The number of hydrogen-bond donors (Lipinski definition) is 0. The Bertz CT molecular complexity index is 3140. The number of benzene rings is 10. The van der Waals surface area contributed by atoms with E-state index in [4.69, 9.17) is 0 Å². The van der Waals surface area contributed by atoms with Gasteiger partial charge < -0.3 is 9.47 Å². The Balaban J connectivity index is 1.25. The normalized spacial score (nSPS) is 11.8. The maximum absolute atomic E-state index is 2.48. The molecule has 0 amide bonds. The van der Waals surface area contributed by atoms with Gasteiger partial charge in [0.25, 0.3) is 0 Å². The van der Waals surface area contributed by atoms with Crippen LogP contribution in [0, 0.1) is 0 Å². The van der Waals surface area contributed by atoms with Crippen LogP contribution in [0.25, 0.3) is 81.4 Å². The Labute approximate surface area is 301 Å². The summed E-state index contributed by atoms with van der Waals surface area (Å²) in [5.41, 5.74) is 6.94. The molecule has 0 spiro atoms. The van der Waals surface area contributed by atoms with E-state index in [1.54, 1.807) is 0 Å². The molecule has 0 radical (unpaired) electrons. The number of nitrogens with zero attached hydrogens (tertiary/aromatic N) is 2. The molecule has 1 aromatic heterocycles. The number of para-hydroxylation sites is 2. The van der Waals surface area contributed by atoms with E-state index in [1.807, 2.05) is 0 Å². The Kier molecular flexibility index (Phi) is 6.28. The van der Waals surface area contributed by atoms with E-state index in [0.717, 1.165) is 17.1 Å². The predicted molar refractivity (Wildman–Crippen MR) is 223 cm³/mol. The second kappa shape index (κ2) is 11.3. The van der Waals surface area contributed by atoms with Crippen LogP contribution in [-0.2, 0) is 0 Å². The van der Waals surface area contributed by atoms with Crippen molar-refractivity contribution in [3.8, 4) is 5.69 Å². The van der Waals surface area contributed by atoms with Gasteiger partial charge in [-0.3, -0.25) is 0 Å². The molecule has 2 nitrogen and oxygen atoms in total. The van der Waals surface area contributed by atoms with Crippen molar-refractivity contribution in [1.29, 1.82) is 0 Å². The monoisotopic (exact) mass is 660 g/mol. The van der Waals surface area contributed by atoms with E-state index in [9.17, 15) is 0 Å². The van der Waals surface area contributed by atoms with Crippen LogP contribution in [0.1, 0.15) is 0 Å². The Hall–Kier alpha value is -6.90. The molecule has 0 saturated heterocycles. The molecule has 1 heterocycles. The third-order valence-electron chi connectivity index (χ3n) is 10.9. The third-order valence-corrected chi connectivity index (χ3v) is 10.9. The molecule has 0 aliphatic heterocycles. The van der Waals surface area contributed by atoms with Gasteiger partial charge in [0.2, 0.25) is 0 Å². The molecule has 52 heavy (non-hydrogen) atoms. The fraction of sp³-hybridized carbons (Fsp3) is 0. The van der Waals surface area contributed by atoms with Crippen LogP contribution in [0.15, 0.2) is 194 Å². The molecule has 0 aliphatic rings. The largest absolute Gasteiger partial charge is 0.310 e. The summed E-state index contributed by atoms with van der Waals surface area (Å²) in [5.74, 6) is 0. The van der Waals surface area contributed by atoms with E-state index in [-0.39, 0.29) is 0 Å². The van der Waals surface area contributed by atoms with Crippen LogP contribution >= 0.6 is 0 Å². The number of anilines is 3. The van der Waals surface area contributed by atoms with Gasteiger partial charge in [0.1, 0.15) is 0 Å². The van der Waals surface area contributed by atoms with Crippen molar-refractivity contribution in [1.82, 2.24) is 4.57 Å². The van der Waals surface area contributed by atoms with E-state index >= 15 is 0 Å². The van der Waals surface area contributed by atoms with Gasteiger partial charge in [0.05, 0.1) is 22.4 Å². The zero-order valence-electron chi connectivity index (χ0n) is 28.4. The van der Waals surface area contributed by atoms with Crippen LogP contribution in [0.4, 0.5) is 17.1 Å². The van der Waals surface area contributed by atoms with E-state index in [2.05, 4.69) is 204 Å². The third kappa shape index (κ3) is 4.19. The van der Waals surface area contributed by atoms with Crippen LogP contribution in [0.5, 0.6) is 0 Å². The molecule has 11 aromatic rings. The van der Waals surface area contributed by atoms with E-state index in [0.29, 0.717) is 0 Å². The molecule has 242 valence electrons. The van der Waals surface area contributed by atoms with Crippen LogP contribution in [-0.4, -0.2) is 4.57 Å². The van der Waals surface area contributed by atoms with E-state index < -0.39 is 0 Å². The van der Waals surface area contributed by atoms with Gasteiger partial charge in [0.15, 0.2) is 0 Å². The predicted octanol–water partition coefficient (Wildman–Crippen LogP) is 14.0. The average Bonchev–Trinajstić information content (AvgIpc) is 3.54. The highest BCUT2D eigenvalue weighted by Crippen LogP contribution is 2.46. The first kappa shape index (κ1) is 28.9. The fourth-order valence-electron chi connectivity index (χ4n) is 8.70. The lowest BCUT2D eigenvalue weighted by Gasteiger charge is -2.28. The number of fused-ring (bicyclic) bond motifs is 12. The van der Waals surface area contributed by atoms with Crippen molar-refractivity contribution in [2.24, 2.45) is 0 Å². The molecule has 2 heteroatoms. The molecule has 0 saturated carbocycles. The van der Waals surface area contributed by atoms with Crippen LogP contribution in [0.3, 0.4) is 0 Å². The quantitative estimate of drug-likeness (QED) is 0.171. The molecular weight excluding hydrogens is 629 g/mol. The first-order valence-electron chi connectivity index (χ1n) is 17.9. The fourth-order valence-corrected chi connectivity index (χ4v) is 8.70. The Morgan fingerprint density at radius 1 is 0.308 bits per heavy atom. The summed E-state index contributed by atoms with van der Waals surface area (Å²) in [7, 11) is 0. The summed E-state index contributed by atoms with van der Waals surface area (Å²) in [6, 6.07) is 71.1. The Morgan fingerprint density at radius 2 is 0.827 bits per heavy atom. The highest BCUT2D eigenvalue weighted by Gasteiger charge is 2.21. The minimum Gasteiger partial charge on any atom is -0.310 e. The van der Waals surface area contributed by atoms with Crippen LogP contribution < -0.4 is 4.90 Å². The molecule has 0 aliphatic carbocycles. The van der Waals surface area contributed by atoms with Gasteiger partial charge in [-0.05, 0) is 85.6 Å². The second-order valence-electron chi connectivity index (χ2n) is 13.7. The molecule has 0 unspecified atom stereocenters. The number of aromatic nitrogens is 1. The van der Waals surface area contributed by atoms with Gasteiger partial charge in [-0.2, -0.15) is 0 Å². The summed E-state index contributed by atoms with van der Waals surface area (Å²) in [5, 5.41) is 15.1. The van der Waals surface area contributed by atoms with Gasteiger partial charge in [-0.15, -0.1) is 0 Å². The van der Waals surface area contributed by atoms with Crippen LogP contribution in [0.2, 0.25) is 0 Å². The molecule has 0 bridgehead atoms. The van der Waals surface area contributed by atoms with Crippen molar-refractivity contribution in [2.75, 3.05) is 4.90 Å². The molecular formula is C50H32N2. The summed E-state index contributed by atoms with van der Waals surface area (Å²) >= 11 is 0.